The third kappa shape index (κ3) is 7.15. The maximum atomic E-state index is 14.3. The number of likely N-dealkylation sites (tertiary alicyclic amines) is 1. The van der Waals surface area contributed by atoms with Gasteiger partial charge in [0.25, 0.3) is 0 Å². The van der Waals surface area contributed by atoms with E-state index < -0.39 is 17.9 Å². The van der Waals surface area contributed by atoms with Crippen LogP contribution in [0, 0.1) is 5.92 Å². The number of carbonyl (C=O) groups excluding carboxylic acids is 1. The number of fused-ring (bicyclic) bond motifs is 2. The lowest BCUT2D eigenvalue weighted by atomic mass is 9.84. The van der Waals surface area contributed by atoms with Gasteiger partial charge in [0.15, 0.2) is 17.4 Å². The Bertz CT molecular complexity index is 1780. The lowest BCUT2D eigenvalue weighted by Gasteiger charge is -2.30. The molecular formula is C38H47N4O6+. The van der Waals surface area contributed by atoms with Crippen molar-refractivity contribution in [1.29, 1.82) is 0 Å². The first kappa shape index (κ1) is 33.4. The molecule has 10 nitrogen and oxygen atoms in total. The van der Waals surface area contributed by atoms with Crippen LogP contribution in [0.5, 0.6) is 17.4 Å². The fourth-order valence-electron chi connectivity index (χ4n) is 7.32. The van der Waals surface area contributed by atoms with Crippen molar-refractivity contribution in [3.8, 4) is 17.4 Å². The number of aromatic hydroxyl groups is 1. The van der Waals surface area contributed by atoms with Gasteiger partial charge in [0.1, 0.15) is 6.54 Å². The minimum absolute atomic E-state index is 0.0547. The van der Waals surface area contributed by atoms with E-state index >= 15 is 0 Å². The number of quaternary nitrogens is 1. The molecule has 3 atom stereocenters. The van der Waals surface area contributed by atoms with Crippen molar-refractivity contribution in [2.75, 3.05) is 52.5 Å². The van der Waals surface area contributed by atoms with Crippen LogP contribution in [0.4, 0.5) is 5.69 Å². The summed E-state index contributed by atoms with van der Waals surface area (Å²) >= 11 is 0. The van der Waals surface area contributed by atoms with E-state index in [0.717, 1.165) is 51.5 Å². The number of aryl methyl sites for hydroxylation is 1. The van der Waals surface area contributed by atoms with Crippen molar-refractivity contribution in [1.82, 2.24) is 9.47 Å². The Morgan fingerprint density at radius 2 is 1.79 bits per heavy atom. The zero-order valence-electron chi connectivity index (χ0n) is 28.3. The standard InChI is InChI=1S/C38H46N4O6/c1-5-6-17-41(29-12-9-10-26(19-29)24-42(2,3)4)35(43)23-40-22-31(27-14-15-33-34(20-27)48-25-47-33)36(38(45)46)32(40)16-18-39-21-28-11-7-8-13-30(28)37(39)44/h7-15,19-21,31-32,36H,5-6,16-18,22-25H2,1-4H3,(H-,44,45,46)/p+1/t31-,32+,36-/m1/s1. The molecule has 0 spiro atoms. The van der Waals surface area contributed by atoms with Crippen LogP contribution >= 0.6 is 0 Å². The summed E-state index contributed by atoms with van der Waals surface area (Å²) in [6, 6.07) is 21.0. The SMILES string of the molecule is CCCCN(C(=O)CN1C[C@H](c2ccc3c(c2)OCO3)[C@@H](C(=O)O)[C@@H]1CCn1cc2ccccc2c1O)c1cccc(C[N+](C)(C)C)c1. The zero-order valence-corrected chi connectivity index (χ0v) is 28.3. The quantitative estimate of drug-likeness (QED) is 0.179. The average Bonchev–Trinajstić information content (AvgIpc) is 3.75. The molecule has 0 radical (unpaired) electrons. The molecular weight excluding hydrogens is 608 g/mol. The number of rotatable bonds is 13. The molecule has 254 valence electrons. The Hall–Kier alpha value is -4.54. The molecule has 4 aromatic rings. The van der Waals surface area contributed by atoms with Gasteiger partial charge in [0, 0.05) is 59.8 Å². The van der Waals surface area contributed by atoms with Gasteiger partial charge in [-0.05, 0) is 48.7 Å². The maximum Gasteiger partial charge on any atom is 0.308 e. The van der Waals surface area contributed by atoms with E-state index in [1.54, 1.807) is 4.57 Å². The fraction of sp³-hybridized carbons (Fsp3) is 0.421. The highest BCUT2D eigenvalue weighted by Gasteiger charge is 2.47. The van der Waals surface area contributed by atoms with Gasteiger partial charge in [0.2, 0.25) is 12.7 Å². The molecule has 0 saturated carbocycles. The Kier molecular flexibility index (Phi) is 9.66. The fourth-order valence-corrected chi connectivity index (χ4v) is 7.32. The molecule has 2 N–H and O–H groups in total. The van der Waals surface area contributed by atoms with Gasteiger partial charge in [-0.3, -0.25) is 14.5 Å². The van der Waals surface area contributed by atoms with E-state index in [1.165, 1.54) is 0 Å². The highest BCUT2D eigenvalue weighted by molar-refractivity contribution is 5.95. The predicted octanol–water partition coefficient (Wildman–Crippen LogP) is 5.67. The van der Waals surface area contributed by atoms with Crippen LogP contribution in [-0.4, -0.2) is 89.7 Å². The minimum atomic E-state index is -0.907. The Labute approximate surface area is 282 Å². The first-order chi connectivity index (χ1) is 23.0. The van der Waals surface area contributed by atoms with Crippen LogP contribution in [0.1, 0.15) is 43.2 Å². The molecule has 6 rings (SSSR count). The van der Waals surface area contributed by atoms with Crippen molar-refractivity contribution in [2.24, 2.45) is 5.92 Å². The Morgan fingerprint density at radius 1 is 1.00 bits per heavy atom. The third-order valence-electron chi connectivity index (χ3n) is 9.55. The molecule has 1 saturated heterocycles. The zero-order chi connectivity index (χ0) is 34.0. The molecule has 1 aromatic heterocycles. The normalized spacial score (nSPS) is 19.2. The lowest BCUT2D eigenvalue weighted by Crippen LogP contribution is -2.45. The van der Waals surface area contributed by atoms with Crippen LogP contribution in [-0.2, 0) is 22.7 Å². The molecule has 48 heavy (non-hydrogen) atoms. The van der Waals surface area contributed by atoms with E-state index in [4.69, 9.17) is 9.47 Å². The number of carboxylic acids is 1. The van der Waals surface area contributed by atoms with Crippen molar-refractivity contribution in [2.45, 2.75) is 51.2 Å². The van der Waals surface area contributed by atoms with Crippen LogP contribution < -0.4 is 14.4 Å². The van der Waals surface area contributed by atoms with Crippen LogP contribution in [0.25, 0.3) is 10.8 Å². The molecule has 0 unspecified atom stereocenters. The number of benzene rings is 3. The summed E-state index contributed by atoms with van der Waals surface area (Å²) in [5.74, 6) is -0.708. The molecule has 2 aliphatic heterocycles. The van der Waals surface area contributed by atoms with Crippen molar-refractivity contribution in [3.63, 3.8) is 0 Å². The number of nitrogens with zero attached hydrogens (tertiary/aromatic N) is 4. The summed E-state index contributed by atoms with van der Waals surface area (Å²) in [5, 5.41) is 23.4. The second kappa shape index (κ2) is 13.9. The number of carbonyl (C=O) groups is 2. The largest absolute Gasteiger partial charge is 0.494 e. The highest BCUT2D eigenvalue weighted by Crippen LogP contribution is 2.43. The van der Waals surface area contributed by atoms with E-state index in [-0.39, 0.29) is 31.0 Å². The van der Waals surface area contributed by atoms with Gasteiger partial charge < -0.3 is 33.6 Å². The van der Waals surface area contributed by atoms with E-state index in [1.807, 2.05) is 70.6 Å². The molecule has 10 heteroatoms. The topological polar surface area (TPSA) is 104 Å². The number of anilines is 1. The summed E-state index contributed by atoms with van der Waals surface area (Å²) in [5.41, 5.74) is 2.86. The molecule has 1 amide bonds. The molecule has 0 aliphatic carbocycles. The molecule has 3 aromatic carbocycles. The first-order valence-electron chi connectivity index (χ1n) is 16.9. The number of amides is 1. The van der Waals surface area contributed by atoms with E-state index in [9.17, 15) is 19.8 Å². The first-order valence-corrected chi connectivity index (χ1v) is 16.9. The minimum Gasteiger partial charge on any atom is -0.494 e. The van der Waals surface area contributed by atoms with Crippen molar-refractivity contribution < 1.29 is 33.8 Å². The van der Waals surface area contributed by atoms with Gasteiger partial charge in [-0.25, -0.2) is 0 Å². The summed E-state index contributed by atoms with van der Waals surface area (Å²) in [7, 11) is 6.43. The van der Waals surface area contributed by atoms with Crippen LogP contribution in [0.15, 0.2) is 72.9 Å². The Morgan fingerprint density at radius 3 is 2.54 bits per heavy atom. The van der Waals surface area contributed by atoms with Gasteiger partial charge in [-0.15, -0.1) is 0 Å². The number of hydrogen-bond acceptors (Lipinski definition) is 6. The molecule has 1 fully saturated rings. The number of unbranched alkanes of at least 4 members (excludes halogenated alkanes) is 1. The van der Waals surface area contributed by atoms with Crippen LogP contribution in [0.3, 0.4) is 0 Å². The highest BCUT2D eigenvalue weighted by atomic mass is 16.7. The molecule has 3 heterocycles. The Balaban J connectivity index is 1.31. The molecule has 2 aliphatic rings. The summed E-state index contributed by atoms with van der Waals surface area (Å²) in [4.78, 5) is 31.3. The monoisotopic (exact) mass is 655 g/mol. The molecule has 0 bridgehead atoms. The number of carboxylic acid groups (broad SMARTS) is 1. The van der Waals surface area contributed by atoms with Crippen molar-refractivity contribution in [3.05, 3.63) is 84.1 Å². The second-order valence-electron chi connectivity index (χ2n) is 14.1. The predicted molar refractivity (Wildman–Crippen MR) is 185 cm³/mol. The maximum absolute atomic E-state index is 14.3. The summed E-state index contributed by atoms with van der Waals surface area (Å²) < 4.78 is 13.7. The number of aliphatic carboxylic acids is 1. The summed E-state index contributed by atoms with van der Waals surface area (Å²) in [6.45, 7) is 4.54. The van der Waals surface area contributed by atoms with Crippen LogP contribution in [0.2, 0.25) is 0 Å². The van der Waals surface area contributed by atoms with Crippen molar-refractivity contribution >= 4 is 28.3 Å². The van der Waals surface area contributed by atoms with E-state index in [0.29, 0.717) is 37.6 Å². The number of hydrogen-bond donors (Lipinski definition) is 2. The van der Waals surface area contributed by atoms with Gasteiger partial charge in [-0.2, -0.15) is 0 Å². The lowest BCUT2D eigenvalue weighted by molar-refractivity contribution is -0.884. The van der Waals surface area contributed by atoms with Gasteiger partial charge >= 0.3 is 5.97 Å². The number of ether oxygens (including phenoxy) is 2. The van der Waals surface area contributed by atoms with Gasteiger partial charge in [-0.1, -0.05) is 49.7 Å². The summed E-state index contributed by atoms with van der Waals surface area (Å²) in [6.07, 6.45) is 4.13. The van der Waals surface area contributed by atoms with Gasteiger partial charge in [0.05, 0.1) is 33.6 Å². The average molecular weight is 656 g/mol. The smallest absolute Gasteiger partial charge is 0.308 e. The second-order valence-corrected chi connectivity index (χ2v) is 14.1. The number of aromatic nitrogens is 1. The van der Waals surface area contributed by atoms with E-state index in [2.05, 4.69) is 40.2 Å². The third-order valence-corrected chi connectivity index (χ3v) is 9.55.